The van der Waals surface area contributed by atoms with Crippen LogP contribution in [0.2, 0.25) is 0 Å². The van der Waals surface area contributed by atoms with Crippen LogP contribution in [-0.2, 0) is 9.53 Å². The summed E-state index contributed by atoms with van der Waals surface area (Å²) in [5.74, 6) is 0.209. The maximum atomic E-state index is 11.2. The highest BCUT2D eigenvalue weighted by Crippen LogP contribution is 2.13. The van der Waals surface area contributed by atoms with E-state index >= 15 is 0 Å². The van der Waals surface area contributed by atoms with Gasteiger partial charge in [0.05, 0.1) is 24.8 Å². The molecule has 0 aromatic carbocycles. The summed E-state index contributed by atoms with van der Waals surface area (Å²) in [6.07, 6.45) is 1.72. The van der Waals surface area contributed by atoms with Crippen LogP contribution in [-0.4, -0.2) is 36.4 Å². The SMILES string of the molecule is CCOC(=O)CCN(C)c1nnccc1C#N. The van der Waals surface area contributed by atoms with Crippen LogP contribution < -0.4 is 4.90 Å². The predicted octanol–water partition coefficient (Wildman–Crippen LogP) is 0.738. The quantitative estimate of drug-likeness (QED) is 0.699. The highest BCUT2D eigenvalue weighted by atomic mass is 16.5. The third kappa shape index (κ3) is 3.72. The minimum absolute atomic E-state index is 0.256. The first kappa shape index (κ1) is 12.9. The molecule has 0 atom stereocenters. The Morgan fingerprint density at radius 1 is 1.65 bits per heavy atom. The molecule has 6 nitrogen and oxygen atoms in total. The maximum absolute atomic E-state index is 11.2. The van der Waals surface area contributed by atoms with Gasteiger partial charge in [-0.2, -0.15) is 10.4 Å². The van der Waals surface area contributed by atoms with Gasteiger partial charge in [0.25, 0.3) is 0 Å². The number of esters is 1. The minimum atomic E-state index is -0.262. The second kappa shape index (κ2) is 6.43. The van der Waals surface area contributed by atoms with Gasteiger partial charge in [-0.25, -0.2) is 0 Å². The van der Waals surface area contributed by atoms with Crippen LogP contribution in [0.3, 0.4) is 0 Å². The first-order chi connectivity index (χ1) is 8.19. The molecule has 0 fully saturated rings. The van der Waals surface area contributed by atoms with Crippen LogP contribution in [0.1, 0.15) is 18.9 Å². The number of hydrogen-bond acceptors (Lipinski definition) is 6. The zero-order valence-electron chi connectivity index (χ0n) is 9.88. The molecule has 0 aliphatic heterocycles. The van der Waals surface area contributed by atoms with Crippen LogP contribution in [0.4, 0.5) is 5.82 Å². The van der Waals surface area contributed by atoms with Gasteiger partial charge in [-0.05, 0) is 13.0 Å². The van der Waals surface area contributed by atoms with Crippen LogP contribution in [0.15, 0.2) is 12.3 Å². The Labute approximate surface area is 99.8 Å². The largest absolute Gasteiger partial charge is 0.466 e. The Morgan fingerprint density at radius 2 is 2.41 bits per heavy atom. The Kier molecular flexibility index (Phi) is 4.88. The summed E-state index contributed by atoms with van der Waals surface area (Å²) >= 11 is 0. The van der Waals surface area contributed by atoms with E-state index in [9.17, 15) is 4.79 Å². The van der Waals surface area contributed by atoms with Gasteiger partial charge in [-0.1, -0.05) is 0 Å². The van der Waals surface area contributed by atoms with Crippen molar-refractivity contribution in [2.45, 2.75) is 13.3 Å². The molecule has 0 saturated heterocycles. The van der Waals surface area contributed by atoms with Crippen molar-refractivity contribution in [2.24, 2.45) is 0 Å². The van der Waals surface area contributed by atoms with Crippen molar-refractivity contribution in [3.05, 3.63) is 17.8 Å². The van der Waals surface area contributed by atoms with Crippen molar-refractivity contribution in [1.82, 2.24) is 10.2 Å². The molecule has 17 heavy (non-hydrogen) atoms. The topological polar surface area (TPSA) is 79.1 Å². The van der Waals surface area contributed by atoms with E-state index in [0.29, 0.717) is 24.5 Å². The van der Waals surface area contributed by atoms with E-state index < -0.39 is 0 Å². The average Bonchev–Trinajstić information content (AvgIpc) is 2.36. The monoisotopic (exact) mass is 234 g/mol. The third-order valence-corrected chi connectivity index (χ3v) is 2.14. The lowest BCUT2D eigenvalue weighted by atomic mass is 10.3. The Hall–Kier alpha value is -2.16. The summed E-state index contributed by atoms with van der Waals surface area (Å²) in [5.41, 5.74) is 0.436. The molecule has 0 bridgehead atoms. The molecule has 1 heterocycles. The van der Waals surface area contributed by atoms with Gasteiger partial charge >= 0.3 is 5.97 Å². The molecular formula is C11H14N4O2. The van der Waals surface area contributed by atoms with Crippen LogP contribution in [0, 0.1) is 11.3 Å². The molecule has 0 amide bonds. The molecule has 0 N–H and O–H groups in total. The molecule has 1 aromatic rings. The van der Waals surface area contributed by atoms with E-state index in [1.165, 1.54) is 6.20 Å². The molecule has 6 heteroatoms. The second-order valence-electron chi connectivity index (χ2n) is 3.36. The number of nitrogens with zero attached hydrogens (tertiary/aromatic N) is 4. The smallest absolute Gasteiger partial charge is 0.307 e. The van der Waals surface area contributed by atoms with E-state index in [1.807, 2.05) is 6.07 Å². The number of ether oxygens (including phenoxy) is 1. The van der Waals surface area contributed by atoms with Crippen molar-refractivity contribution in [2.75, 3.05) is 25.1 Å². The molecule has 1 rings (SSSR count). The number of nitriles is 1. The molecule has 1 aromatic heterocycles. The van der Waals surface area contributed by atoms with E-state index in [0.717, 1.165) is 0 Å². The molecule has 90 valence electrons. The summed E-state index contributed by atoms with van der Waals surface area (Å²) in [6, 6.07) is 3.62. The number of rotatable bonds is 5. The summed E-state index contributed by atoms with van der Waals surface area (Å²) in [7, 11) is 1.75. The van der Waals surface area contributed by atoms with Gasteiger partial charge in [0.15, 0.2) is 5.82 Å². The maximum Gasteiger partial charge on any atom is 0.307 e. The second-order valence-corrected chi connectivity index (χ2v) is 3.36. The van der Waals surface area contributed by atoms with Crippen LogP contribution >= 0.6 is 0 Å². The lowest BCUT2D eigenvalue weighted by Crippen LogP contribution is -2.24. The Balaban J connectivity index is 2.61. The van der Waals surface area contributed by atoms with Crippen molar-refractivity contribution in [3.8, 4) is 6.07 Å². The summed E-state index contributed by atoms with van der Waals surface area (Å²) in [4.78, 5) is 12.9. The van der Waals surface area contributed by atoms with Gasteiger partial charge in [0, 0.05) is 13.6 Å². The number of aromatic nitrogens is 2. The fourth-order valence-electron chi connectivity index (χ4n) is 1.29. The van der Waals surface area contributed by atoms with Crippen molar-refractivity contribution in [1.29, 1.82) is 5.26 Å². The van der Waals surface area contributed by atoms with Gasteiger partial charge in [-0.15, -0.1) is 5.10 Å². The lowest BCUT2D eigenvalue weighted by molar-refractivity contribution is -0.142. The van der Waals surface area contributed by atoms with Gasteiger partial charge in [0.2, 0.25) is 0 Å². The molecule has 0 radical (unpaired) electrons. The van der Waals surface area contributed by atoms with Gasteiger partial charge in [0.1, 0.15) is 6.07 Å². The predicted molar refractivity (Wildman–Crippen MR) is 61.3 cm³/mol. The molecule has 0 saturated carbocycles. The van der Waals surface area contributed by atoms with Crippen molar-refractivity contribution < 1.29 is 9.53 Å². The molecule has 0 spiro atoms. The van der Waals surface area contributed by atoms with E-state index in [1.54, 1.807) is 24.9 Å². The number of anilines is 1. The molecular weight excluding hydrogens is 220 g/mol. The lowest BCUT2D eigenvalue weighted by Gasteiger charge is -2.17. The molecule has 0 aliphatic rings. The van der Waals surface area contributed by atoms with Crippen LogP contribution in [0.5, 0.6) is 0 Å². The fourth-order valence-corrected chi connectivity index (χ4v) is 1.29. The molecule has 0 unspecified atom stereocenters. The third-order valence-electron chi connectivity index (χ3n) is 2.14. The zero-order valence-corrected chi connectivity index (χ0v) is 9.88. The van der Waals surface area contributed by atoms with Crippen molar-refractivity contribution >= 4 is 11.8 Å². The summed E-state index contributed by atoms with van der Waals surface area (Å²) < 4.78 is 4.82. The van der Waals surface area contributed by atoms with E-state index in [-0.39, 0.29) is 12.4 Å². The number of hydrogen-bond donors (Lipinski definition) is 0. The van der Waals surface area contributed by atoms with E-state index in [2.05, 4.69) is 10.2 Å². The normalized spacial score (nSPS) is 9.47. The zero-order chi connectivity index (χ0) is 12.7. The Bertz CT molecular complexity index is 428. The van der Waals surface area contributed by atoms with Gasteiger partial charge < -0.3 is 9.64 Å². The number of carbonyl (C=O) groups excluding carboxylic acids is 1. The first-order valence-electron chi connectivity index (χ1n) is 5.27. The highest BCUT2D eigenvalue weighted by molar-refractivity contribution is 5.70. The fraction of sp³-hybridized carbons (Fsp3) is 0.455. The average molecular weight is 234 g/mol. The number of carbonyl (C=O) groups is 1. The van der Waals surface area contributed by atoms with E-state index in [4.69, 9.17) is 10.00 Å². The highest BCUT2D eigenvalue weighted by Gasteiger charge is 2.11. The first-order valence-corrected chi connectivity index (χ1v) is 5.27. The van der Waals surface area contributed by atoms with Gasteiger partial charge in [-0.3, -0.25) is 4.79 Å². The summed E-state index contributed by atoms with van der Waals surface area (Å²) in [5, 5.41) is 16.5. The van der Waals surface area contributed by atoms with Crippen LogP contribution in [0.25, 0.3) is 0 Å². The minimum Gasteiger partial charge on any atom is -0.466 e. The Morgan fingerprint density at radius 3 is 3.06 bits per heavy atom. The molecule has 0 aliphatic carbocycles. The summed E-state index contributed by atoms with van der Waals surface area (Å²) in [6.45, 7) is 2.57. The standard InChI is InChI=1S/C11H14N4O2/c1-3-17-10(16)5-7-15(2)11-9(8-12)4-6-13-14-11/h4,6H,3,5,7H2,1-2H3. The van der Waals surface area contributed by atoms with Crippen molar-refractivity contribution in [3.63, 3.8) is 0 Å².